The van der Waals surface area contributed by atoms with Crippen molar-refractivity contribution in [3.05, 3.63) is 24.3 Å². The lowest BCUT2D eigenvalue weighted by molar-refractivity contribution is -0.118. The summed E-state index contributed by atoms with van der Waals surface area (Å²) in [5, 5.41) is 5.65. The minimum Gasteiger partial charge on any atom is -0.380 e. The highest BCUT2D eigenvalue weighted by Crippen LogP contribution is 2.17. The number of ether oxygens (including phenoxy) is 2. The van der Waals surface area contributed by atoms with Crippen LogP contribution in [-0.2, 0) is 19.1 Å². The Morgan fingerprint density at radius 1 is 0.852 bits per heavy atom. The first-order valence-corrected chi connectivity index (χ1v) is 9.47. The summed E-state index contributed by atoms with van der Waals surface area (Å²) in [6.07, 6.45) is 0. The zero-order chi connectivity index (χ0) is 21.0. The molecule has 2 unspecified atom stereocenters. The minimum absolute atomic E-state index is 0.110. The molecule has 27 heavy (non-hydrogen) atoms. The zero-order valence-corrected chi connectivity index (χ0v) is 17.9. The van der Waals surface area contributed by atoms with Crippen LogP contribution in [-0.4, -0.2) is 51.3 Å². The molecule has 0 spiro atoms. The lowest BCUT2D eigenvalue weighted by atomic mass is 9.96. The summed E-state index contributed by atoms with van der Waals surface area (Å²) in [7, 11) is 0. The zero-order valence-electron chi connectivity index (χ0n) is 17.9. The van der Waals surface area contributed by atoms with Crippen molar-refractivity contribution in [3.8, 4) is 0 Å². The van der Waals surface area contributed by atoms with Gasteiger partial charge in [0.25, 0.3) is 0 Å². The van der Waals surface area contributed by atoms with E-state index in [-0.39, 0.29) is 29.1 Å². The van der Waals surface area contributed by atoms with Crippen molar-refractivity contribution >= 4 is 11.8 Å². The van der Waals surface area contributed by atoms with Crippen LogP contribution < -0.4 is 10.6 Å². The average Bonchev–Trinajstić information content (AvgIpc) is 2.56. The third-order valence-corrected chi connectivity index (χ3v) is 3.79. The fraction of sp³-hybridized carbons (Fsp3) is 0.714. The molecule has 0 aliphatic heterocycles. The largest absolute Gasteiger partial charge is 0.380 e. The van der Waals surface area contributed by atoms with E-state index in [4.69, 9.17) is 9.47 Å². The summed E-state index contributed by atoms with van der Waals surface area (Å²) in [6, 6.07) is 0. The van der Waals surface area contributed by atoms with Crippen molar-refractivity contribution < 1.29 is 19.1 Å². The quantitative estimate of drug-likeness (QED) is 0.453. The van der Waals surface area contributed by atoms with Gasteiger partial charge in [0.05, 0.1) is 26.4 Å². The van der Waals surface area contributed by atoms with Gasteiger partial charge < -0.3 is 20.1 Å². The molecule has 0 aliphatic rings. The predicted octanol–water partition coefficient (Wildman–Crippen LogP) is 2.70. The molecule has 0 radical (unpaired) electrons. The summed E-state index contributed by atoms with van der Waals surface area (Å²) in [6.45, 7) is 22.3. The third kappa shape index (κ3) is 13.2. The molecule has 156 valence electrons. The van der Waals surface area contributed by atoms with Crippen molar-refractivity contribution in [2.24, 2.45) is 17.3 Å². The molecule has 0 saturated carbocycles. The molecule has 0 bridgehead atoms. The van der Waals surface area contributed by atoms with Gasteiger partial charge in [-0.05, 0) is 25.7 Å². The predicted molar refractivity (Wildman–Crippen MR) is 109 cm³/mol. The first-order valence-electron chi connectivity index (χ1n) is 9.47. The van der Waals surface area contributed by atoms with Crippen molar-refractivity contribution in [1.29, 1.82) is 0 Å². The highest BCUT2D eigenvalue weighted by atomic mass is 16.5. The maximum atomic E-state index is 11.5. The standard InChI is InChI=1S/C21H38N2O4/c1-15(2)19(24)22-9-17(5)11-26-13-21(7,8)14-27-12-18(6)10-23-20(25)16(3)4/h17-18H,1,3,9-14H2,2,4-8H3,(H,22,24)(H,23,25). The average molecular weight is 383 g/mol. The second-order valence-electron chi connectivity index (χ2n) is 8.39. The van der Waals surface area contributed by atoms with Crippen LogP contribution in [0.1, 0.15) is 41.5 Å². The van der Waals surface area contributed by atoms with E-state index in [1.165, 1.54) is 0 Å². The molecule has 0 aromatic heterocycles. The third-order valence-electron chi connectivity index (χ3n) is 3.79. The number of carbonyl (C=O) groups excluding carboxylic acids is 2. The highest BCUT2D eigenvalue weighted by Gasteiger charge is 2.20. The number of amides is 2. The summed E-state index contributed by atoms with van der Waals surface area (Å²) < 4.78 is 11.6. The molecule has 0 saturated heterocycles. The van der Waals surface area contributed by atoms with Crippen molar-refractivity contribution in [2.75, 3.05) is 39.5 Å². The van der Waals surface area contributed by atoms with Gasteiger partial charge in [-0.2, -0.15) is 0 Å². The van der Waals surface area contributed by atoms with Crippen LogP contribution in [0.15, 0.2) is 24.3 Å². The summed E-state index contributed by atoms with van der Waals surface area (Å²) in [4.78, 5) is 23.0. The van der Waals surface area contributed by atoms with E-state index in [1.54, 1.807) is 13.8 Å². The van der Waals surface area contributed by atoms with E-state index in [0.29, 0.717) is 50.7 Å². The van der Waals surface area contributed by atoms with E-state index >= 15 is 0 Å². The van der Waals surface area contributed by atoms with Gasteiger partial charge in [0.1, 0.15) is 0 Å². The molecular formula is C21H38N2O4. The molecule has 6 heteroatoms. The Kier molecular flexibility index (Phi) is 11.9. The highest BCUT2D eigenvalue weighted by molar-refractivity contribution is 5.92. The van der Waals surface area contributed by atoms with Gasteiger partial charge in [-0.1, -0.05) is 40.9 Å². The van der Waals surface area contributed by atoms with Crippen LogP contribution >= 0.6 is 0 Å². The molecule has 0 heterocycles. The van der Waals surface area contributed by atoms with Crippen molar-refractivity contribution in [2.45, 2.75) is 41.5 Å². The molecule has 2 amide bonds. The van der Waals surface area contributed by atoms with E-state index in [1.807, 2.05) is 13.8 Å². The van der Waals surface area contributed by atoms with Gasteiger partial charge in [0.2, 0.25) is 11.8 Å². The molecule has 0 aromatic carbocycles. The van der Waals surface area contributed by atoms with Crippen molar-refractivity contribution in [3.63, 3.8) is 0 Å². The van der Waals surface area contributed by atoms with Crippen LogP contribution in [0.2, 0.25) is 0 Å². The monoisotopic (exact) mass is 382 g/mol. The Bertz CT molecular complexity index is 470. The van der Waals surface area contributed by atoms with Crippen LogP contribution in [0.25, 0.3) is 0 Å². The van der Waals surface area contributed by atoms with Gasteiger partial charge in [-0.25, -0.2) is 0 Å². The van der Waals surface area contributed by atoms with Gasteiger partial charge in [0.15, 0.2) is 0 Å². The number of hydrogen-bond acceptors (Lipinski definition) is 4. The van der Waals surface area contributed by atoms with Gasteiger partial charge in [-0.15, -0.1) is 0 Å². The maximum Gasteiger partial charge on any atom is 0.246 e. The molecule has 2 N–H and O–H groups in total. The van der Waals surface area contributed by atoms with Crippen LogP contribution in [0, 0.1) is 17.3 Å². The molecule has 6 nitrogen and oxygen atoms in total. The fourth-order valence-electron chi connectivity index (χ4n) is 2.07. The number of hydrogen-bond donors (Lipinski definition) is 2. The topological polar surface area (TPSA) is 76.7 Å². The molecule has 0 rings (SSSR count). The number of rotatable bonds is 14. The Morgan fingerprint density at radius 2 is 1.19 bits per heavy atom. The lowest BCUT2D eigenvalue weighted by Gasteiger charge is -2.26. The van der Waals surface area contributed by atoms with Crippen LogP contribution in [0.5, 0.6) is 0 Å². The van der Waals surface area contributed by atoms with E-state index in [2.05, 4.69) is 37.6 Å². The lowest BCUT2D eigenvalue weighted by Crippen LogP contribution is -2.33. The summed E-state index contributed by atoms with van der Waals surface area (Å²) in [5.74, 6) is 0.206. The number of nitrogens with one attached hydrogen (secondary N) is 2. The molecule has 0 aliphatic carbocycles. The van der Waals surface area contributed by atoms with Crippen LogP contribution in [0.3, 0.4) is 0 Å². The minimum atomic E-state index is -0.121. The van der Waals surface area contributed by atoms with E-state index in [0.717, 1.165) is 0 Å². The van der Waals surface area contributed by atoms with Crippen molar-refractivity contribution in [1.82, 2.24) is 10.6 Å². The molecule has 0 fully saturated rings. The maximum absolute atomic E-state index is 11.5. The normalized spacial score (nSPS) is 13.6. The second-order valence-corrected chi connectivity index (χ2v) is 8.39. The Hall–Kier alpha value is -1.66. The fourth-order valence-corrected chi connectivity index (χ4v) is 2.07. The first-order chi connectivity index (χ1) is 12.4. The first kappa shape index (κ1) is 25.3. The smallest absolute Gasteiger partial charge is 0.246 e. The van der Waals surface area contributed by atoms with Gasteiger partial charge >= 0.3 is 0 Å². The SMILES string of the molecule is C=C(C)C(=O)NCC(C)COCC(C)(C)COCC(C)CNC(=O)C(=C)C. The Morgan fingerprint density at radius 3 is 1.48 bits per heavy atom. The summed E-state index contributed by atoms with van der Waals surface area (Å²) in [5.41, 5.74) is 0.908. The number of carbonyl (C=O) groups is 2. The molecule has 0 aromatic rings. The molecular weight excluding hydrogens is 344 g/mol. The van der Waals surface area contributed by atoms with Crippen LogP contribution in [0.4, 0.5) is 0 Å². The van der Waals surface area contributed by atoms with Gasteiger partial charge in [-0.3, -0.25) is 9.59 Å². The second kappa shape index (κ2) is 12.7. The molecule has 2 atom stereocenters. The van der Waals surface area contributed by atoms with E-state index in [9.17, 15) is 9.59 Å². The Labute approximate surface area is 164 Å². The Balaban J connectivity index is 3.93. The summed E-state index contributed by atoms with van der Waals surface area (Å²) >= 11 is 0. The van der Waals surface area contributed by atoms with E-state index < -0.39 is 0 Å². The van der Waals surface area contributed by atoms with Gasteiger partial charge in [0, 0.05) is 29.7 Å².